The SMILES string of the molecule is C=CC(=O)OCCCCCCOc1ccc(C(=O)Sc2ccc3c(c2)[C@H](C)c2cc(OCCCCCCOC(=O)C=C)ccc2-3)cc1. The number of carbonyl (C=O) groups excluding carboxylic acids is 3. The standard InChI is InChI=1S/C39H44O7S/c1-4-37(40)45-24-12-8-6-10-22-43-30-16-14-29(15-17-30)39(42)47-32-19-21-34-33-20-18-31(26-35(33)28(3)36(34)27-32)44-23-11-7-9-13-25-46-38(41)5-2/h4-5,14-21,26-28H,1-2,6-13,22-25H2,3H3/t28-/m1/s1. The molecular formula is C39H44O7S. The first-order chi connectivity index (χ1) is 22.9. The van der Waals surface area contributed by atoms with E-state index in [1.165, 1.54) is 46.2 Å². The van der Waals surface area contributed by atoms with E-state index < -0.39 is 0 Å². The van der Waals surface area contributed by atoms with Crippen molar-refractivity contribution in [1.29, 1.82) is 0 Å². The lowest BCUT2D eigenvalue weighted by Gasteiger charge is -2.11. The molecule has 3 aromatic rings. The Bertz CT molecular complexity index is 1530. The molecule has 0 saturated carbocycles. The summed E-state index contributed by atoms with van der Waals surface area (Å²) in [5.41, 5.74) is 5.49. The van der Waals surface area contributed by atoms with Crippen molar-refractivity contribution in [3.05, 3.63) is 103 Å². The first kappa shape index (κ1) is 35.6. The molecule has 0 heterocycles. The van der Waals surface area contributed by atoms with Crippen LogP contribution in [-0.2, 0) is 19.1 Å². The summed E-state index contributed by atoms with van der Waals surface area (Å²) < 4.78 is 21.9. The molecule has 1 aliphatic carbocycles. The zero-order valence-corrected chi connectivity index (χ0v) is 28.0. The number of carbonyl (C=O) groups is 3. The molecule has 248 valence electrons. The monoisotopic (exact) mass is 656 g/mol. The number of fused-ring (bicyclic) bond motifs is 3. The second-order valence-electron chi connectivity index (χ2n) is 11.4. The van der Waals surface area contributed by atoms with Crippen LogP contribution in [0.25, 0.3) is 11.1 Å². The number of rotatable bonds is 20. The summed E-state index contributed by atoms with van der Waals surface area (Å²) in [5.74, 6) is 1.04. The fraction of sp³-hybridized carbons (Fsp3) is 0.359. The van der Waals surface area contributed by atoms with E-state index in [-0.39, 0.29) is 23.0 Å². The maximum atomic E-state index is 13.1. The highest BCUT2D eigenvalue weighted by Crippen LogP contribution is 2.47. The van der Waals surface area contributed by atoms with Gasteiger partial charge >= 0.3 is 11.9 Å². The van der Waals surface area contributed by atoms with Crippen molar-refractivity contribution >= 4 is 28.8 Å². The van der Waals surface area contributed by atoms with Gasteiger partial charge in [-0.25, -0.2) is 9.59 Å². The lowest BCUT2D eigenvalue weighted by Crippen LogP contribution is -2.02. The largest absolute Gasteiger partial charge is 0.494 e. The minimum atomic E-state index is -0.384. The van der Waals surface area contributed by atoms with E-state index in [1.807, 2.05) is 36.4 Å². The smallest absolute Gasteiger partial charge is 0.330 e. The first-order valence-electron chi connectivity index (χ1n) is 16.3. The Balaban J connectivity index is 1.19. The van der Waals surface area contributed by atoms with Gasteiger partial charge in [0, 0.05) is 28.5 Å². The molecule has 0 bridgehead atoms. The van der Waals surface area contributed by atoms with Crippen molar-refractivity contribution in [1.82, 2.24) is 0 Å². The van der Waals surface area contributed by atoms with Gasteiger partial charge in [-0.3, -0.25) is 4.79 Å². The van der Waals surface area contributed by atoms with Gasteiger partial charge in [-0.05, 0) is 134 Å². The fourth-order valence-corrected chi connectivity index (χ4v) is 6.21. The van der Waals surface area contributed by atoms with Gasteiger partial charge < -0.3 is 18.9 Å². The maximum absolute atomic E-state index is 13.1. The molecular weight excluding hydrogens is 612 g/mol. The number of esters is 2. The van der Waals surface area contributed by atoms with E-state index >= 15 is 0 Å². The van der Waals surface area contributed by atoms with Crippen molar-refractivity contribution < 1.29 is 33.3 Å². The Morgan fingerprint density at radius 2 is 1.13 bits per heavy atom. The average Bonchev–Trinajstić information content (AvgIpc) is 3.37. The highest BCUT2D eigenvalue weighted by Gasteiger charge is 2.26. The van der Waals surface area contributed by atoms with Gasteiger partial charge in [-0.2, -0.15) is 0 Å². The first-order valence-corrected chi connectivity index (χ1v) is 17.2. The van der Waals surface area contributed by atoms with Gasteiger partial charge in [-0.1, -0.05) is 32.2 Å². The number of hydrogen-bond donors (Lipinski definition) is 0. The molecule has 0 N–H and O–H groups in total. The molecule has 47 heavy (non-hydrogen) atoms. The number of ether oxygens (including phenoxy) is 4. The molecule has 0 saturated heterocycles. The Labute approximate surface area is 282 Å². The lowest BCUT2D eigenvalue weighted by molar-refractivity contribution is -0.138. The summed E-state index contributed by atoms with van der Waals surface area (Å²) in [7, 11) is 0. The molecule has 3 aromatic carbocycles. The minimum Gasteiger partial charge on any atom is -0.494 e. The van der Waals surface area contributed by atoms with Crippen LogP contribution in [-0.4, -0.2) is 43.5 Å². The maximum Gasteiger partial charge on any atom is 0.330 e. The molecule has 0 fully saturated rings. The third-order valence-electron chi connectivity index (χ3n) is 8.01. The van der Waals surface area contributed by atoms with Crippen LogP contribution >= 0.6 is 11.8 Å². The fourth-order valence-electron chi connectivity index (χ4n) is 5.42. The van der Waals surface area contributed by atoms with Crippen LogP contribution < -0.4 is 9.47 Å². The van der Waals surface area contributed by atoms with Crippen LogP contribution in [0.15, 0.2) is 90.9 Å². The highest BCUT2D eigenvalue weighted by molar-refractivity contribution is 8.14. The molecule has 4 rings (SSSR count). The van der Waals surface area contributed by atoms with Gasteiger partial charge in [0.1, 0.15) is 11.5 Å². The van der Waals surface area contributed by atoms with E-state index in [0.29, 0.717) is 32.0 Å². The topological polar surface area (TPSA) is 88.1 Å². The quantitative estimate of drug-likeness (QED) is 0.0515. The summed E-state index contributed by atoms with van der Waals surface area (Å²) in [6, 6.07) is 19.9. The normalized spacial score (nSPS) is 12.8. The van der Waals surface area contributed by atoms with Crippen molar-refractivity contribution in [2.45, 2.75) is 69.1 Å². The second kappa shape index (κ2) is 18.7. The van der Waals surface area contributed by atoms with E-state index in [4.69, 9.17) is 18.9 Å². The third kappa shape index (κ3) is 10.9. The molecule has 0 aromatic heterocycles. The zero-order chi connectivity index (χ0) is 33.4. The van der Waals surface area contributed by atoms with Gasteiger partial charge in [-0.15, -0.1) is 0 Å². The Morgan fingerprint density at radius 1 is 0.638 bits per heavy atom. The van der Waals surface area contributed by atoms with Crippen LogP contribution in [0.5, 0.6) is 11.5 Å². The van der Waals surface area contributed by atoms with Crippen LogP contribution in [0, 0.1) is 0 Å². The zero-order valence-electron chi connectivity index (χ0n) is 27.2. The van der Waals surface area contributed by atoms with Gasteiger partial charge in [0.05, 0.1) is 26.4 Å². The summed E-state index contributed by atoms with van der Waals surface area (Å²) in [5, 5.41) is -0.00900. The van der Waals surface area contributed by atoms with E-state index in [2.05, 4.69) is 44.3 Å². The van der Waals surface area contributed by atoms with Crippen molar-refractivity contribution in [2.75, 3.05) is 26.4 Å². The molecule has 8 heteroatoms. The van der Waals surface area contributed by atoms with E-state index in [0.717, 1.165) is 67.8 Å². The second-order valence-corrected chi connectivity index (χ2v) is 12.4. The Morgan fingerprint density at radius 3 is 1.70 bits per heavy atom. The Kier molecular flexibility index (Phi) is 14.2. The molecule has 0 radical (unpaired) electrons. The van der Waals surface area contributed by atoms with Crippen molar-refractivity contribution in [2.24, 2.45) is 0 Å². The molecule has 0 aliphatic heterocycles. The van der Waals surface area contributed by atoms with Crippen molar-refractivity contribution in [3.8, 4) is 22.6 Å². The number of unbranched alkanes of at least 4 members (excludes halogenated alkanes) is 6. The summed E-state index contributed by atoms with van der Waals surface area (Å²) in [4.78, 5) is 36.1. The van der Waals surface area contributed by atoms with E-state index in [1.54, 1.807) is 0 Å². The van der Waals surface area contributed by atoms with Crippen LogP contribution in [0.1, 0.15) is 85.7 Å². The molecule has 1 aliphatic rings. The summed E-state index contributed by atoms with van der Waals surface area (Å²) >= 11 is 1.24. The molecule has 0 spiro atoms. The molecule has 7 nitrogen and oxygen atoms in total. The van der Waals surface area contributed by atoms with Crippen LogP contribution in [0.2, 0.25) is 0 Å². The average molecular weight is 657 g/mol. The number of hydrogen-bond acceptors (Lipinski definition) is 8. The van der Waals surface area contributed by atoms with Gasteiger partial charge in [0.2, 0.25) is 5.12 Å². The van der Waals surface area contributed by atoms with Gasteiger partial charge in [0.25, 0.3) is 0 Å². The molecule has 0 amide bonds. The molecule has 1 atom stereocenters. The minimum absolute atomic E-state index is 0.00900. The number of thioether (sulfide) groups is 1. The predicted octanol–water partition coefficient (Wildman–Crippen LogP) is 9.09. The number of benzene rings is 3. The third-order valence-corrected chi connectivity index (χ3v) is 8.92. The summed E-state index contributed by atoms with van der Waals surface area (Å²) in [6.07, 6.45) is 9.79. The molecule has 0 unspecified atom stereocenters. The predicted molar refractivity (Wildman–Crippen MR) is 186 cm³/mol. The van der Waals surface area contributed by atoms with Gasteiger partial charge in [0.15, 0.2) is 0 Å². The van der Waals surface area contributed by atoms with Crippen LogP contribution in [0.4, 0.5) is 0 Å². The highest BCUT2D eigenvalue weighted by atomic mass is 32.2. The van der Waals surface area contributed by atoms with Crippen molar-refractivity contribution in [3.63, 3.8) is 0 Å². The summed E-state index contributed by atoms with van der Waals surface area (Å²) in [6.45, 7) is 11.0. The van der Waals surface area contributed by atoms with E-state index in [9.17, 15) is 14.4 Å². The van der Waals surface area contributed by atoms with Crippen LogP contribution in [0.3, 0.4) is 0 Å². The lowest BCUT2D eigenvalue weighted by atomic mass is 9.99. The Hall–Kier alpha value is -4.30.